The van der Waals surface area contributed by atoms with Gasteiger partial charge in [0, 0.05) is 30.4 Å². The van der Waals surface area contributed by atoms with Gasteiger partial charge < -0.3 is 20.9 Å². The fraction of sp³-hybridized carbons (Fsp3) is 0.429. The number of hydrogen-bond donors (Lipinski definition) is 2. The number of ether oxygens (including phenoxy) is 2. The number of rotatable bonds is 9. The van der Waals surface area contributed by atoms with Crippen molar-refractivity contribution in [3.63, 3.8) is 0 Å². The first-order chi connectivity index (χ1) is 18.5. The summed E-state index contributed by atoms with van der Waals surface area (Å²) in [5, 5.41) is 0. The molecule has 1 saturated heterocycles. The van der Waals surface area contributed by atoms with Crippen LogP contribution in [0.1, 0.15) is 49.0 Å². The van der Waals surface area contributed by atoms with Crippen LogP contribution in [0.4, 0.5) is 23.4 Å². The van der Waals surface area contributed by atoms with Crippen molar-refractivity contribution in [3.8, 4) is 5.75 Å². The summed E-state index contributed by atoms with van der Waals surface area (Å²) in [5.74, 6) is -1.75. The molecule has 11 heteroatoms. The Morgan fingerprint density at radius 2 is 2.03 bits per heavy atom. The molecule has 1 fully saturated rings. The summed E-state index contributed by atoms with van der Waals surface area (Å²) >= 11 is 0. The summed E-state index contributed by atoms with van der Waals surface area (Å²) < 4.78 is 65.7. The van der Waals surface area contributed by atoms with E-state index in [0.29, 0.717) is 31.6 Å². The van der Waals surface area contributed by atoms with E-state index in [1.807, 2.05) is 12.2 Å². The molecule has 1 aliphatic carbocycles. The number of morpholine rings is 1. The van der Waals surface area contributed by atoms with Gasteiger partial charge in [0.05, 0.1) is 24.2 Å². The zero-order valence-electron chi connectivity index (χ0n) is 21.6. The Labute approximate surface area is 224 Å². The van der Waals surface area contributed by atoms with Gasteiger partial charge in [-0.2, -0.15) is 13.2 Å². The number of anilines is 1. The number of aromatic nitrogens is 1. The van der Waals surface area contributed by atoms with Gasteiger partial charge in [-0.3, -0.25) is 9.69 Å². The van der Waals surface area contributed by atoms with Crippen LogP contribution in [0.2, 0.25) is 0 Å². The minimum absolute atomic E-state index is 0.0226. The number of nitrogens with two attached hydrogens (primary N) is 2. The summed E-state index contributed by atoms with van der Waals surface area (Å²) in [6, 6.07) is 4.68. The molecule has 39 heavy (non-hydrogen) atoms. The van der Waals surface area contributed by atoms with Crippen LogP contribution in [0.5, 0.6) is 5.75 Å². The van der Waals surface area contributed by atoms with Crippen molar-refractivity contribution in [2.45, 2.75) is 38.5 Å². The molecule has 0 radical (unpaired) electrons. The molecule has 2 unspecified atom stereocenters. The normalized spacial score (nSPS) is 20.9. The first-order valence-electron chi connectivity index (χ1n) is 12.8. The molecule has 1 aliphatic heterocycles. The SMILES string of the molecule is CC(Oc1cc(C2=CCC(CCCN3CCOCC3)(C(N)=O)C=C2)cnc1N)c1cccc(F)c1C(F)(F)F. The maximum atomic E-state index is 14.1. The summed E-state index contributed by atoms with van der Waals surface area (Å²) in [4.78, 5) is 18.9. The van der Waals surface area contributed by atoms with Gasteiger partial charge >= 0.3 is 6.18 Å². The Hall–Kier alpha value is -3.44. The van der Waals surface area contributed by atoms with Crippen LogP contribution in [0.25, 0.3) is 5.57 Å². The third kappa shape index (κ3) is 6.59. The van der Waals surface area contributed by atoms with E-state index >= 15 is 0 Å². The zero-order chi connectivity index (χ0) is 28.2. The molecule has 1 aromatic heterocycles. The molecule has 0 saturated carbocycles. The van der Waals surface area contributed by atoms with Crippen molar-refractivity contribution >= 4 is 17.3 Å². The predicted molar refractivity (Wildman–Crippen MR) is 139 cm³/mol. The summed E-state index contributed by atoms with van der Waals surface area (Å²) in [6.45, 7) is 5.39. The molecule has 2 atom stereocenters. The Morgan fingerprint density at radius 1 is 1.28 bits per heavy atom. The lowest BCUT2D eigenvalue weighted by molar-refractivity contribution is -0.141. The van der Waals surface area contributed by atoms with Crippen molar-refractivity contribution in [2.24, 2.45) is 11.1 Å². The van der Waals surface area contributed by atoms with Crippen LogP contribution in [0.15, 0.2) is 48.7 Å². The van der Waals surface area contributed by atoms with Crippen LogP contribution < -0.4 is 16.2 Å². The Morgan fingerprint density at radius 3 is 2.67 bits per heavy atom. The first-order valence-corrected chi connectivity index (χ1v) is 12.8. The topological polar surface area (TPSA) is 104 Å². The van der Waals surface area contributed by atoms with Crippen molar-refractivity contribution in [3.05, 3.63) is 71.2 Å². The molecule has 1 aromatic carbocycles. The molecule has 7 nitrogen and oxygen atoms in total. The second-order valence-corrected chi connectivity index (χ2v) is 9.84. The van der Waals surface area contributed by atoms with Crippen LogP contribution in [0.3, 0.4) is 0 Å². The number of hydrogen-bond acceptors (Lipinski definition) is 6. The molecular formula is C28H32F4N4O3. The van der Waals surface area contributed by atoms with Crippen LogP contribution in [-0.2, 0) is 15.7 Å². The summed E-state index contributed by atoms with van der Waals surface area (Å²) in [6.07, 6.45) is 2.74. The molecule has 0 spiro atoms. The highest BCUT2D eigenvalue weighted by molar-refractivity contribution is 5.87. The van der Waals surface area contributed by atoms with E-state index in [1.54, 1.807) is 12.1 Å². The fourth-order valence-corrected chi connectivity index (χ4v) is 4.97. The number of primary amides is 1. The molecule has 2 heterocycles. The third-order valence-electron chi connectivity index (χ3n) is 7.25. The second-order valence-electron chi connectivity index (χ2n) is 9.84. The van der Waals surface area contributed by atoms with Crippen molar-refractivity contribution in [2.75, 3.05) is 38.6 Å². The van der Waals surface area contributed by atoms with E-state index in [2.05, 4.69) is 9.88 Å². The predicted octanol–water partition coefficient (Wildman–Crippen LogP) is 4.89. The number of benzene rings is 1. The molecule has 0 bridgehead atoms. The maximum Gasteiger partial charge on any atom is 0.419 e. The standard InChI is InChI=1S/C28H32F4N4O3/c1-18(21-4-2-5-22(29)24(21)28(30,31)32)39-23-16-20(17-35-25(23)33)19-6-9-27(10-7-19,26(34)37)8-3-11-36-12-14-38-15-13-36/h2,4-7,9,16-18H,3,8,10-15H2,1H3,(H2,33,35)(H2,34,37). The molecular weight excluding hydrogens is 516 g/mol. The van der Waals surface area contributed by atoms with Crippen molar-refractivity contribution < 1.29 is 31.8 Å². The minimum atomic E-state index is -4.89. The Balaban J connectivity index is 1.48. The van der Waals surface area contributed by atoms with Gasteiger partial charge in [-0.1, -0.05) is 30.4 Å². The molecule has 210 valence electrons. The Kier molecular flexibility index (Phi) is 8.60. The zero-order valence-corrected chi connectivity index (χ0v) is 21.6. The number of nitrogens with zero attached hydrogens (tertiary/aromatic N) is 2. The van der Waals surface area contributed by atoms with Crippen LogP contribution >= 0.6 is 0 Å². The van der Waals surface area contributed by atoms with Gasteiger partial charge in [-0.15, -0.1) is 0 Å². The van der Waals surface area contributed by atoms with Crippen molar-refractivity contribution in [1.29, 1.82) is 0 Å². The quantitative estimate of drug-likeness (QED) is 0.433. The van der Waals surface area contributed by atoms with Gasteiger partial charge in [0.15, 0.2) is 11.6 Å². The number of alkyl halides is 3. The van der Waals surface area contributed by atoms with Crippen LogP contribution in [-0.4, -0.2) is 48.6 Å². The highest BCUT2D eigenvalue weighted by Crippen LogP contribution is 2.40. The van der Waals surface area contributed by atoms with Crippen molar-refractivity contribution in [1.82, 2.24) is 9.88 Å². The largest absolute Gasteiger partial charge is 0.482 e. The molecule has 2 aliphatic rings. The van der Waals surface area contributed by atoms with Gasteiger partial charge in [0.25, 0.3) is 0 Å². The van der Waals surface area contributed by atoms with E-state index in [1.165, 1.54) is 25.3 Å². The average molecular weight is 549 g/mol. The van der Waals surface area contributed by atoms with Gasteiger partial charge in [0.1, 0.15) is 11.9 Å². The van der Waals surface area contributed by atoms with E-state index in [-0.39, 0.29) is 17.1 Å². The average Bonchev–Trinajstić information content (AvgIpc) is 2.90. The van der Waals surface area contributed by atoms with Crippen LogP contribution in [0, 0.1) is 11.2 Å². The highest BCUT2D eigenvalue weighted by atomic mass is 19.4. The van der Waals surface area contributed by atoms with Gasteiger partial charge in [-0.05, 0) is 50.4 Å². The lowest BCUT2D eigenvalue weighted by atomic mass is 9.75. The number of nitrogen functional groups attached to an aromatic ring is 1. The highest BCUT2D eigenvalue weighted by Gasteiger charge is 2.38. The molecule has 1 amide bonds. The number of carbonyl (C=O) groups excluding carboxylic acids is 1. The summed E-state index contributed by atoms with van der Waals surface area (Å²) in [7, 11) is 0. The first kappa shape index (κ1) is 28.6. The minimum Gasteiger partial charge on any atom is -0.482 e. The fourth-order valence-electron chi connectivity index (χ4n) is 4.97. The number of allylic oxidation sites excluding steroid dienone is 3. The number of halogens is 4. The monoisotopic (exact) mass is 548 g/mol. The van der Waals surface area contributed by atoms with E-state index in [9.17, 15) is 22.4 Å². The number of amides is 1. The molecule has 2 aromatic rings. The third-order valence-corrected chi connectivity index (χ3v) is 7.25. The van der Waals surface area contributed by atoms with E-state index in [0.717, 1.165) is 37.7 Å². The van der Waals surface area contributed by atoms with Gasteiger partial charge in [-0.25, -0.2) is 9.37 Å². The number of pyridine rings is 1. The Bertz CT molecular complexity index is 1260. The van der Waals surface area contributed by atoms with E-state index < -0.39 is 35.0 Å². The summed E-state index contributed by atoms with van der Waals surface area (Å²) in [5.41, 5.74) is 10.6. The smallest absolute Gasteiger partial charge is 0.419 e. The van der Waals surface area contributed by atoms with Gasteiger partial charge in [0.2, 0.25) is 5.91 Å². The second kappa shape index (κ2) is 11.7. The number of carbonyl (C=O) groups is 1. The molecule has 4 rings (SSSR count). The lowest BCUT2D eigenvalue weighted by Gasteiger charge is -2.31. The molecule has 4 N–H and O–H groups in total. The maximum absolute atomic E-state index is 14.1. The lowest BCUT2D eigenvalue weighted by Crippen LogP contribution is -2.39. The van der Waals surface area contributed by atoms with E-state index in [4.69, 9.17) is 20.9 Å².